The van der Waals surface area contributed by atoms with Crippen LogP contribution < -0.4 is 16.6 Å². The van der Waals surface area contributed by atoms with Crippen LogP contribution >= 0.6 is 0 Å². The highest BCUT2D eigenvalue weighted by Crippen LogP contribution is 2.29. The van der Waals surface area contributed by atoms with Gasteiger partial charge in [0.25, 0.3) is 5.56 Å². The second kappa shape index (κ2) is 5.81. The molecule has 0 aliphatic heterocycles. The molecule has 1 saturated carbocycles. The Kier molecular flexibility index (Phi) is 4.14. The van der Waals surface area contributed by atoms with Gasteiger partial charge >= 0.3 is 5.69 Å². The van der Waals surface area contributed by atoms with Crippen molar-refractivity contribution in [1.82, 2.24) is 15.2 Å². The van der Waals surface area contributed by atoms with Crippen molar-refractivity contribution in [3.63, 3.8) is 0 Å². The summed E-state index contributed by atoms with van der Waals surface area (Å²) in [5, 5.41) is 18.1. The second-order valence-corrected chi connectivity index (χ2v) is 4.72. The van der Waals surface area contributed by atoms with Crippen LogP contribution in [0.5, 0.6) is 0 Å². The predicted octanol–water partition coefficient (Wildman–Crippen LogP) is -0.331. The summed E-state index contributed by atoms with van der Waals surface area (Å²) in [6, 6.07) is 0. The lowest BCUT2D eigenvalue weighted by Gasteiger charge is -2.30. The number of hydrogen-bond acceptors (Lipinski definition) is 5. The van der Waals surface area contributed by atoms with Gasteiger partial charge in [-0.05, 0) is 24.7 Å². The lowest BCUT2D eigenvalue weighted by molar-refractivity contribution is 0.141. The lowest BCUT2D eigenvalue weighted by Crippen LogP contribution is -2.32. The molecule has 2 rings (SSSR count). The number of aliphatic hydroxyl groups is 1. The normalized spacial score (nSPS) is 23.8. The van der Waals surface area contributed by atoms with Gasteiger partial charge in [-0.1, -0.05) is 12.8 Å². The third kappa shape index (κ3) is 2.98. The number of aromatic nitrogens is 3. The summed E-state index contributed by atoms with van der Waals surface area (Å²) in [5.74, 6) is 0.752. The first-order valence-corrected chi connectivity index (χ1v) is 6.24. The average Bonchev–Trinajstić information content (AvgIpc) is 2.38. The maximum absolute atomic E-state index is 11.4. The summed E-state index contributed by atoms with van der Waals surface area (Å²) in [6.45, 7) is 0.773. The molecular weight excluding hydrogens is 236 g/mol. The van der Waals surface area contributed by atoms with E-state index < -0.39 is 11.2 Å². The van der Waals surface area contributed by atoms with Crippen LogP contribution in [0.2, 0.25) is 0 Å². The van der Waals surface area contributed by atoms with Crippen molar-refractivity contribution >= 4 is 5.82 Å². The maximum atomic E-state index is 11.4. The number of rotatable bonds is 4. The fourth-order valence-corrected chi connectivity index (χ4v) is 2.49. The van der Waals surface area contributed by atoms with Gasteiger partial charge in [-0.25, -0.2) is 9.89 Å². The van der Waals surface area contributed by atoms with Crippen LogP contribution in [0, 0.1) is 11.8 Å². The summed E-state index contributed by atoms with van der Waals surface area (Å²) < 4.78 is 0. The topological polar surface area (TPSA) is 111 Å². The Bertz CT molecular complexity index is 496. The van der Waals surface area contributed by atoms with E-state index in [9.17, 15) is 14.7 Å². The van der Waals surface area contributed by atoms with E-state index in [2.05, 4.69) is 20.5 Å². The zero-order valence-corrected chi connectivity index (χ0v) is 10.1. The van der Waals surface area contributed by atoms with Gasteiger partial charge in [0.1, 0.15) is 0 Å². The Morgan fingerprint density at radius 1 is 1.28 bits per heavy atom. The van der Waals surface area contributed by atoms with E-state index in [1.165, 1.54) is 0 Å². The molecule has 2 unspecified atom stereocenters. The smallest absolute Gasteiger partial charge is 0.342 e. The molecule has 0 aromatic carbocycles. The summed E-state index contributed by atoms with van der Waals surface area (Å²) in [4.78, 5) is 24.3. The minimum atomic E-state index is -0.614. The molecule has 0 saturated heterocycles. The molecule has 1 aromatic rings. The molecule has 4 N–H and O–H groups in total. The highest BCUT2D eigenvalue weighted by molar-refractivity contribution is 5.28. The number of anilines is 1. The first kappa shape index (κ1) is 12.8. The van der Waals surface area contributed by atoms with E-state index in [4.69, 9.17) is 0 Å². The fraction of sp³-hybridized carbons (Fsp3) is 0.727. The van der Waals surface area contributed by atoms with Crippen LogP contribution in [0.15, 0.2) is 9.59 Å². The standard InChI is InChI=1S/C11H18N4O3/c16-6-8-4-2-1-3-7(8)5-12-9-10(17)13-11(18)15-14-9/h7-8,16H,1-6H2,(H,12,14)(H2,13,15,17,18). The molecule has 0 radical (unpaired) electrons. The number of aromatic amines is 2. The van der Waals surface area contributed by atoms with E-state index in [1.54, 1.807) is 0 Å². The quantitative estimate of drug-likeness (QED) is 0.588. The molecule has 1 aliphatic carbocycles. The number of hydrogen-bond donors (Lipinski definition) is 4. The Balaban J connectivity index is 1.98. The summed E-state index contributed by atoms with van der Waals surface area (Å²) in [6.07, 6.45) is 4.37. The van der Waals surface area contributed by atoms with E-state index in [0.29, 0.717) is 12.5 Å². The lowest BCUT2D eigenvalue weighted by atomic mass is 9.79. The van der Waals surface area contributed by atoms with Crippen LogP contribution in [0.4, 0.5) is 5.82 Å². The molecular formula is C11H18N4O3. The zero-order chi connectivity index (χ0) is 13.0. The Hall–Kier alpha value is -1.63. The molecule has 1 aliphatic rings. The molecule has 7 heteroatoms. The van der Waals surface area contributed by atoms with Crippen LogP contribution in [0.1, 0.15) is 25.7 Å². The van der Waals surface area contributed by atoms with Gasteiger partial charge in [-0.3, -0.25) is 9.78 Å². The third-order valence-electron chi connectivity index (χ3n) is 3.54. The molecule has 18 heavy (non-hydrogen) atoms. The molecule has 1 fully saturated rings. The average molecular weight is 254 g/mol. The van der Waals surface area contributed by atoms with Gasteiger partial charge in [0.05, 0.1) is 0 Å². The summed E-state index contributed by atoms with van der Waals surface area (Å²) >= 11 is 0. The number of aliphatic hydroxyl groups excluding tert-OH is 1. The molecule has 0 amide bonds. The van der Waals surface area contributed by atoms with E-state index in [1.807, 2.05) is 0 Å². The van der Waals surface area contributed by atoms with Gasteiger partial charge in [0.2, 0.25) is 5.82 Å². The minimum Gasteiger partial charge on any atom is -0.396 e. The van der Waals surface area contributed by atoms with Gasteiger partial charge < -0.3 is 10.4 Å². The molecule has 2 atom stereocenters. The molecule has 7 nitrogen and oxygen atoms in total. The maximum Gasteiger partial charge on any atom is 0.342 e. The van der Waals surface area contributed by atoms with Crippen molar-refractivity contribution < 1.29 is 5.11 Å². The number of H-pyrrole nitrogens is 2. The first-order chi connectivity index (χ1) is 8.70. The van der Waals surface area contributed by atoms with Crippen LogP contribution in [0.3, 0.4) is 0 Å². The Labute approximate surface area is 104 Å². The zero-order valence-electron chi connectivity index (χ0n) is 10.1. The first-order valence-electron chi connectivity index (χ1n) is 6.24. The molecule has 1 heterocycles. The highest BCUT2D eigenvalue weighted by Gasteiger charge is 2.24. The van der Waals surface area contributed by atoms with E-state index in [-0.39, 0.29) is 18.3 Å². The van der Waals surface area contributed by atoms with Gasteiger partial charge in [0, 0.05) is 13.2 Å². The minimum absolute atomic E-state index is 0.122. The second-order valence-electron chi connectivity index (χ2n) is 4.72. The van der Waals surface area contributed by atoms with E-state index >= 15 is 0 Å². The van der Waals surface area contributed by atoms with Crippen molar-refractivity contribution in [2.75, 3.05) is 18.5 Å². The van der Waals surface area contributed by atoms with Crippen LogP contribution in [-0.2, 0) is 0 Å². The number of nitrogens with zero attached hydrogens (tertiary/aromatic N) is 1. The SMILES string of the molecule is O=c1[nH]nc(NCC2CCCCC2CO)c(=O)[nH]1. The number of nitrogens with one attached hydrogen (secondary N) is 3. The van der Waals surface area contributed by atoms with Gasteiger partial charge in [0.15, 0.2) is 0 Å². The van der Waals surface area contributed by atoms with E-state index in [0.717, 1.165) is 25.7 Å². The highest BCUT2D eigenvalue weighted by atomic mass is 16.3. The predicted molar refractivity (Wildman–Crippen MR) is 66.5 cm³/mol. The summed E-state index contributed by atoms with van der Waals surface area (Å²) in [7, 11) is 0. The fourth-order valence-electron chi connectivity index (χ4n) is 2.49. The van der Waals surface area contributed by atoms with Crippen molar-refractivity contribution in [3.05, 3.63) is 20.8 Å². The van der Waals surface area contributed by atoms with Crippen LogP contribution in [0.25, 0.3) is 0 Å². The molecule has 0 spiro atoms. The largest absolute Gasteiger partial charge is 0.396 e. The van der Waals surface area contributed by atoms with Gasteiger partial charge in [-0.15, -0.1) is 5.10 Å². The monoisotopic (exact) mass is 254 g/mol. The van der Waals surface area contributed by atoms with Crippen molar-refractivity contribution in [2.24, 2.45) is 11.8 Å². The van der Waals surface area contributed by atoms with Crippen LogP contribution in [-0.4, -0.2) is 33.4 Å². The molecule has 100 valence electrons. The summed E-state index contributed by atoms with van der Waals surface area (Å²) in [5.41, 5.74) is -1.13. The Morgan fingerprint density at radius 2 is 2.00 bits per heavy atom. The molecule has 0 bridgehead atoms. The Morgan fingerprint density at radius 3 is 2.67 bits per heavy atom. The van der Waals surface area contributed by atoms with Crippen molar-refractivity contribution in [3.8, 4) is 0 Å². The third-order valence-corrected chi connectivity index (χ3v) is 3.54. The van der Waals surface area contributed by atoms with Gasteiger partial charge in [-0.2, -0.15) is 0 Å². The molecule has 1 aromatic heterocycles. The van der Waals surface area contributed by atoms with Crippen molar-refractivity contribution in [1.29, 1.82) is 0 Å². The van der Waals surface area contributed by atoms with Crippen molar-refractivity contribution in [2.45, 2.75) is 25.7 Å².